The standard InChI is InChI=1S/C22H22N2O2/c1-17-8-6-9-18(14-17)16-26-22-19(10-7-13-21(22)25-2)15-23-24-20-11-4-3-5-12-20/h3-15,24H,16H2,1-2H3. The van der Waals surface area contributed by atoms with Crippen molar-refractivity contribution in [3.63, 3.8) is 0 Å². The molecular weight excluding hydrogens is 324 g/mol. The number of aryl methyl sites for hydroxylation is 1. The highest BCUT2D eigenvalue weighted by atomic mass is 16.5. The fraction of sp³-hybridized carbons (Fsp3) is 0.136. The molecule has 3 aromatic rings. The molecular formula is C22H22N2O2. The van der Waals surface area contributed by atoms with E-state index in [0.717, 1.165) is 16.8 Å². The third-order valence-electron chi connectivity index (χ3n) is 3.87. The first kappa shape index (κ1) is 17.5. The average molecular weight is 346 g/mol. The molecule has 0 saturated carbocycles. The van der Waals surface area contributed by atoms with Crippen LogP contribution >= 0.6 is 0 Å². The Morgan fingerprint density at radius 1 is 0.962 bits per heavy atom. The quantitative estimate of drug-likeness (QED) is 0.482. The van der Waals surface area contributed by atoms with Gasteiger partial charge in [0, 0.05) is 5.56 Å². The molecule has 0 heterocycles. The van der Waals surface area contributed by atoms with Crippen LogP contribution in [0.25, 0.3) is 0 Å². The Balaban J connectivity index is 1.77. The molecule has 3 aromatic carbocycles. The molecule has 0 fully saturated rings. The van der Waals surface area contributed by atoms with Crippen molar-refractivity contribution >= 4 is 11.9 Å². The molecule has 4 nitrogen and oxygen atoms in total. The number of hydrazone groups is 1. The van der Waals surface area contributed by atoms with Gasteiger partial charge in [-0.3, -0.25) is 5.43 Å². The van der Waals surface area contributed by atoms with Gasteiger partial charge in [-0.2, -0.15) is 5.10 Å². The molecule has 0 unspecified atom stereocenters. The number of nitrogens with one attached hydrogen (secondary N) is 1. The number of rotatable bonds is 7. The first-order valence-corrected chi connectivity index (χ1v) is 8.46. The fourth-order valence-corrected chi connectivity index (χ4v) is 2.60. The van der Waals surface area contributed by atoms with Crippen LogP contribution in [-0.4, -0.2) is 13.3 Å². The Kier molecular flexibility index (Phi) is 5.88. The summed E-state index contributed by atoms with van der Waals surface area (Å²) in [6, 6.07) is 23.8. The minimum absolute atomic E-state index is 0.467. The van der Waals surface area contributed by atoms with Crippen LogP contribution in [0.4, 0.5) is 5.69 Å². The lowest BCUT2D eigenvalue weighted by Crippen LogP contribution is -2.01. The molecule has 0 spiro atoms. The lowest BCUT2D eigenvalue weighted by molar-refractivity contribution is 0.284. The van der Waals surface area contributed by atoms with E-state index >= 15 is 0 Å². The summed E-state index contributed by atoms with van der Waals surface area (Å²) < 4.78 is 11.5. The van der Waals surface area contributed by atoms with Gasteiger partial charge in [0.05, 0.1) is 19.0 Å². The number of anilines is 1. The maximum atomic E-state index is 6.06. The van der Waals surface area contributed by atoms with E-state index in [2.05, 4.69) is 29.6 Å². The summed E-state index contributed by atoms with van der Waals surface area (Å²) in [5.41, 5.74) is 7.11. The van der Waals surface area contributed by atoms with Crippen molar-refractivity contribution in [3.8, 4) is 11.5 Å². The highest BCUT2D eigenvalue weighted by Crippen LogP contribution is 2.31. The second-order valence-electron chi connectivity index (χ2n) is 5.89. The van der Waals surface area contributed by atoms with E-state index < -0.39 is 0 Å². The van der Waals surface area contributed by atoms with Crippen LogP contribution < -0.4 is 14.9 Å². The predicted molar refractivity (Wildman–Crippen MR) is 106 cm³/mol. The highest BCUT2D eigenvalue weighted by molar-refractivity contribution is 5.85. The largest absolute Gasteiger partial charge is 0.493 e. The molecule has 3 rings (SSSR count). The van der Waals surface area contributed by atoms with E-state index in [-0.39, 0.29) is 0 Å². The van der Waals surface area contributed by atoms with Gasteiger partial charge in [0.25, 0.3) is 0 Å². The molecule has 1 N–H and O–H groups in total. The zero-order valence-electron chi connectivity index (χ0n) is 15.0. The number of methoxy groups -OCH3 is 1. The minimum atomic E-state index is 0.467. The molecule has 0 aliphatic carbocycles. The van der Waals surface area contributed by atoms with Gasteiger partial charge in [-0.15, -0.1) is 0 Å². The zero-order chi connectivity index (χ0) is 18.2. The van der Waals surface area contributed by atoms with Crippen LogP contribution in [0, 0.1) is 6.92 Å². The number of benzene rings is 3. The highest BCUT2D eigenvalue weighted by Gasteiger charge is 2.09. The summed E-state index contributed by atoms with van der Waals surface area (Å²) in [6.07, 6.45) is 1.74. The van der Waals surface area contributed by atoms with Crippen molar-refractivity contribution in [2.75, 3.05) is 12.5 Å². The molecule has 0 bridgehead atoms. The third kappa shape index (κ3) is 4.63. The molecule has 4 heteroatoms. The molecule has 0 aliphatic heterocycles. The van der Waals surface area contributed by atoms with Crippen molar-refractivity contribution in [2.45, 2.75) is 13.5 Å². The lowest BCUT2D eigenvalue weighted by atomic mass is 10.1. The van der Waals surface area contributed by atoms with Crippen LogP contribution in [0.2, 0.25) is 0 Å². The molecule has 0 atom stereocenters. The van der Waals surface area contributed by atoms with Gasteiger partial charge in [0.15, 0.2) is 11.5 Å². The van der Waals surface area contributed by atoms with Gasteiger partial charge >= 0.3 is 0 Å². The molecule has 0 aliphatic rings. The topological polar surface area (TPSA) is 42.8 Å². The molecule has 0 amide bonds. The van der Waals surface area contributed by atoms with Gasteiger partial charge < -0.3 is 9.47 Å². The normalized spacial score (nSPS) is 10.7. The summed E-state index contributed by atoms with van der Waals surface area (Å²) in [7, 11) is 1.64. The number of ether oxygens (including phenoxy) is 2. The second-order valence-corrected chi connectivity index (χ2v) is 5.89. The molecule has 0 radical (unpaired) electrons. The number of nitrogens with zero attached hydrogens (tertiary/aromatic N) is 1. The summed E-state index contributed by atoms with van der Waals surface area (Å²) in [6.45, 7) is 2.54. The monoisotopic (exact) mass is 346 g/mol. The molecule has 0 saturated heterocycles. The van der Waals surface area contributed by atoms with Crippen molar-refractivity contribution in [1.29, 1.82) is 0 Å². The van der Waals surface area contributed by atoms with Crippen LogP contribution in [0.15, 0.2) is 77.9 Å². The molecule has 132 valence electrons. The van der Waals surface area contributed by atoms with E-state index in [1.54, 1.807) is 13.3 Å². The van der Waals surface area contributed by atoms with Crippen LogP contribution in [0.5, 0.6) is 11.5 Å². The first-order chi connectivity index (χ1) is 12.8. The Labute approximate surface area is 154 Å². The Morgan fingerprint density at radius 2 is 1.77 bits per heavy atom. The van der Waals surface area contributed by atoms with Crippen molar-refractivity contribution in [1.82, 2.24) is 0 Å². The maximum absolute atomic E-state index is 6.06. The van der Waals surface area contributed by atoms with Gasteiger partial charge in [0.1, 0.15) is 6.61 Å². The molecule has 26 heavy (non-hydrogen) atoms. The van der Waals surface area contributed by atoms with E-state index in [4.69, 9.17) is 9.47 Å². The first-order valence-electron chi connectivity index (χ1n) is 8.46. The summed E-state index contributed by atoms with van der Waals surface area (Å²) in [4.78, 5) is 0. The lowest BCUT2D eigenvalue weighted by Gasteiger charge is -2.13. The number of hydrogen-bond donors (Lipinski definition) is 1. The second kappa shape index (κ2) is 8.72. The third-order valence-corrected chi connectivity index (χ3v) is 3.87. The summed E-state index contributed by atoms with van der Waals surface area (Å²) in [5.74, 6) is 1.36. The maximum Gasteiger partial charge on any atom is 0.170 e. The van der Waals surface area contributed by atoms with Crippen molar-refractivity contribution < 1.29 is 9.47 Å². The minimum Gasteiger partial charge on any atom is -0.493 e. The van der Waals surface area contributed by atoms with E-state index in [1.807, 2.05) is 60.7 Å². The smallest absolute Gasteiger partial charge is 0.170 e. The van der Waals surface area contributed by atoms with Crippen LogP contribution in [0.1, 0.15) is 16.7 Å². The number of hydrogen-bond acceptors (Lipinski definition) is 4. The van der Waals surface area contributed by atoms with Crippen LogP contribution in [-0.2, 0) is 6.61 Å². The van der Waals surface area contributed by atoms with Crippen LogP contribution in [0.3, 0.4) is 0 Å². The average Bonchev–Trinajstić information content (AvgIpc) is 2.67. The van der Waals surface area contributed by atoms with Crippen molar-refractivity contribution in [3.05, 3.63) is 89.5 Å². The van der Waals surface area contributed by atoms with Gasteiger partial charge in [-0.25, -0.2) is 0 Å². The SMILES string of the molecule is COc1cccc(C=NNc2ccccc2)c1OCc1cccc(C)c1. The van der Waals surface area contributed by atoms with E-state index in [1.165, 1.54) is 5.56 Å². The van der Waals surface area contributed by atoms with Gasteiger partial charge in [0.2, 0.25) is 0 Å². The van der Waals surface area contributed by atoms with E-state index in [0.29, 0.717) is 18.1 Å². The van der Waals surface area contributed by atoms with Crippen molar-refractivity contribution in [2.24, 2.45) is 5.10 Å². The fourth-order valence-electron chi connectivity index (χ4n) is 2.60. The Morgan fingerprint density at radius 3 is 2.54 bits per heavy atom. The van der Waals surface area contributed by atoms with E-state index in [9.17, 15) is 0 Å². The zero-order valence-corrected chi connectivity index (χ0v) is 15.0. The van der Waals surface area contributed by atoms with Gasteiger partial charge in [-0.1, -0.05) is 54.1 Å². The predicted octanol–water partition coefficient (Wildman–Crippen LogP) is 5.03. The Hall–Kier alpha value is -3.27. The summed E-state index contributed by atoms with van der Waals surface area (Å²) >= 11 is 0. The molecule has 0 aromatic heterocycles. The summed E-state index contributed by atoms with van der Waals surface area (Å²) in [5, 5.41) is 4.31. The van der Waals surface area contributed by atoms with Gasteiger partial charge in [-0.05, 0) is 36.8 Å². The number of para-hydroxylation sites is 2. The Bertz CT molecular complexity index is 876.